The molecule has 0 bridgehead atoms. The van der Waals surface area contributed by atoms with Gasteiger partial charge >= 0.3 is 5.97 Å². The topological polar surface area (TPSA) is 89.7 Å². The molecule has 2 fully saturated rings. The van der Waals surface area contributed by atoms with Crippen molar-refractivity contribution in [2.24, 2.45) is 0 Å². The lowest BCUT2D eigenvalue weighted by atomic mass is 9.95. The summed E-state index contributed by atoms with van der Waals surface area (Å²) in [7, 11) is 0. The van der Waals surface area contributed by atoms with E-state index < -0.39 is 11.5 Å². The molecule has 1 unspecified atom stereocenters. The van der Waals surface area contributed by atoms with Crippen molar-refractivity contribution >= 4 is 11.8 Å². The van der Waals surface area contributed by atoms with Gasteiger partial charge in [0, 0.05) is 39.2 Å². The molecule has 7 heteroatoms. The number of anilines is 1. The number of hydrogen-bond donors (Lipinski definition) is 1. The number of nitrogens with zero attached hydrogens (tertiary/aromatic N) is 4. The summed E-state index contributed by atoms with van der Waals surface area (Å²) in [5.74, 6) is 0.0454. The zero-order valence-electron chi connectivity index (χ0n) is 13.2. The molecule has 0 spiro atoms. The Labute approximate surface area is 135 Å². The number of rotatable bonds is 3. The van der Waals surface area contributed by atoms with Crippen LogP contribution in [-0.4, -0.2) is 65.9 Å². The summed E-state index contributed by atoms with van der Waals surface area (Å²) in [6.45, 7) is 5.35. The van der Waals surface area contributed by atoms with Crippen LogP contribution in [0.4, 0.5) is 5.82 Å². The molecule has 1 atom stereocenters. The summed E-state index contributed by atoms with van der Waals surface area (Å²) in [5, 5.41) is 18.6. The van der Waals surface area contributed by atoms with Gasteiger partial charge in [0.25, 0.3) is 0 Å². The van der Waals surface area contributed by atoms with Crippen LogP contribution in [0.1, 0.15) is 17.7 Å². The van der Waals surface area contributed by atoms with Crippen LogP contribution in [0.2, 0.25) is 0 Å². The number of aliphatic carboxylic acids is 1. The van der Waals surface area contributed by atoms with Gasteiger partial charge in [-0.25, -0.2) is 4.98 Å². The highest BCUT2D eigenvalue weighted by Crippen LogP contribution is 2.28. The summed E-state index contributed by atoms with van der Waals surface area (Å²) in [6, 6.07) is 5.76. The zero-order valence-corrected chi connectivity index (χ0v) is 13.2. The average molecular weight is 316 g/mol. The monoisotopic (exact) mass is 316 g/mol. The van der Waals surface area contributed by atoms with Gasteiger partial charge in [0.2, 0.25) is 0 Å². The predicted molar refractivity (Wildman–Crippen MR) is 83.3 cm³/mol. The quantitative estimate of drug-likeness (QED) is 0.874. The summed E-state index contributed by atoms with van der Waals surface area (Å²) in [5.41, 5.74) is 0.430. The first kappa shape index (κ1) is 15.7. The Morgan fingerprint density at radius 2 is 2.13 bits per heavy atom. The molecule has 3 heterocycles. The molecule has 0 aliphatic carbocycles. The molecule has 7 nitrogen and oxygen atoms in total. The SMILES string of the molecule is Cc1nc(N2CCN(C3(C(=O)O)CCOC3)CC2)ccc1C#N. The third-order valence-corrected chi connectivity index (χ3v) is 4.80. The van der Waals surface area contributed by atoms with Crippen LogP contribution in [0.3, 0.4) is 0 Å². The lowest BCUT2D eigenvalue weighted by molar-refractivity contribution is -0.152. The molecule has 0 aromatic carbocycles. The molecule has 122 valence electrons. The highest BCUT2D eigenvalue weighted by atomic mass is 16.5. The largest absolute Gasteiger partial charge is 0.480 e. The number of nitriles is 1. The van der Waals surface area contributed by atoms with Crippen molar-refractivity contribution in [2.45, 2.75) is 18.9 Å². The van der Waals surface area contributed by atoms with Crippen LogP contribution in [0, 0.1) is 18.3 Å². The van der Waals surface area contributed by atoms with Gasteiger partial charge in [0.1, 0.15) is 17.4 Å². The van der Waals surface area contributed by atoms with E-state index in [1.54, 1.807) is 6.07 Å². The van der Waals surface area contributed by atoms with Gasteiger partial charge in [-0.3, -0.25) is 9.69 Å². The lowest BCUT2D eigenvalue weighted by Gasteiger charge is -2.42. The Hall–Kier alpha value is -2.17. The fourth-order valence-electron chi connectivity index (χ4n) is 3.31. The number of aryl methyl sites for hydroxylation is 1. The summed E-state index contributed by atoms with van der Waals surface area (Å²) in [4.78, 5) is 20.4. The summed E-state index contributed by atoms with van der Waals surface area (Å²) < 4.78 is 5.35. The second-order valence-electron chi connectivity index (χ2n) is 6.03. The Bertz CT molecular complexity index is 641. The fourth-order valence-corrected chi connectivity index (χ4v) is 3.31. The van der Waals surface area contributed by atoms with Gasteiger partial charge in [0.15, 0.2) is 0 Å². The number of piperazine rings is 1. The molecule has 0 saturated carbocycles. The Morgan fingerprint density at radius 1 is 1.39 bits per heavy atom. The van der Waals surface area contributed by atoms with E-state index in [-0.39, 0.29) is 6.61 Å². The molecular weight excluding hydrogens is 296 g/mol. The van der Waals surface area contributed by atoms with Crippen LogP contribution in [0.25, 0.3) is 0 Å². The first-order valence-corrected chi connectivity index (χ1v) is 7.76. The highest BCUT2D eigenvalue weighted by molar-refractivity contribution is 5.79. The van der Waals surface area contributed by atoms with Crippen molar-refractivity contribution in [2.75, 3.05) is 44.3 Å². The molecule has 2 saturated heterocycles. The molecule has 1 N–H and O–H groups in total. The Balaban J connectivity index is 1.70. The molecule has 1 aromatic heterocycles. The molecule has 2 aliphatic heterocycles. The molecule has 23 heavy (non-hydrogen) atoms. The fraction of sp³-hybridized carbons (Fsp3) is 0.562. The van der Waals surface area contributed by atoms with E-state index in [0.29, 0.717) is 44.8 Å². The van der Waals surface area contributed by atoms with Gasteiger partial charge in [0.05, 0.1) is 17.9 Å². The van der Waals surface area contributed by atoms with Crippen molar-refractivity contribution in [3.8, 4) is 6.07 Å². The van der Waals surface area contributed by atoms with E-state index in [2.05, 4.69) is 16.0 Å². The maximum atomic E-state index is 11.7. The van der Waals surface area contributed by atoms with Gasteiger partial charge in [-0.1, -0.05) is 0 Å². The van der Waals surface area contributed by atoms with E-state index in [1.165, 1.54) is 0 Å². The number of ether oxygens (including phenoxy) is 1. The van der Waals surface area contributed by atoms with E-state index in [4.69, 9.17) is 10.00 Å². The Morgan fingerprint density at radius 3 is 2.65 bits per heavy atom. The van der Waals surface area contributed by atoms with Gasteiger partial charge in [-0.2, -0.15) is 5.26 Å². The Kier molecular flexibility index (Phi) is 4.20. The number of carboxylic acid groups (broad SMARTS) is 1. The molecule has 0 amide bonds. The summed E-state index contributed by atoms with van der Waals surface area (Å²) >= 11 is 0. The van der Waals surface area contributed by atoms with Crippen molar-refractivity contribution in [1.29, 1.82) is 5.26 Å². The van der Waals surface area contributed by atoms with Crippen molar-refractivity contribution < 1.29 is 14.6 Å². The van der Waals surface area contributed by atoms with Crippen molar-refractivity contribution in [3.05, 3.63) is 23.4 Å². The minimum atomic E-state index is -0.875. The predicted octanol–water partition coefficient (Wildman–Crippen LogP) is 0.627. The highest BCUT2D eigenvalue weighted by Gasteiger charge is 2.48. The van der Waals surface area contributed by atoms with E-state index in [0.717, 1.165) is 11.5 Å². The van der Waals surface area contributed by atoms with Crippen molar-refractivity contribution in [3.63, 3.8) is 0 Å². The number of carboxylic acids is 1. The second kappa shape index (κ2) is 6.14. The van der Waals surface area contributed by atoms with Crippen LogP contribution in [-0.2, 0) is 9.53 Å². The number of hydrogen-bond acceptors (Lipinski definition) is 6. The van der Waals surface area contributed by atoms with Gasteiger partial charge in [-0.05, 0) is 19.1 Å². The van der Waals surface area contributed by atoms with Gasteiger partial charge < -0.3 is 14.7 Å². The molecular formula is C16H20N4O3. The van der Waals surface area contributed by atoms with E-state index in [1.807, 2.05) is 17.9 Å². The number of aromatic nitrogens is 1. The first-order chi connectivity index (χ1) is 11.1. The third kappa shape index (κ3) is 2.76. The molecule has 2 aliphatic rings. The van der Waals surface area contributed by atoms with Gasteiger partial charge in [-0.15, -0.1) is 0 Å². The number of carbonyl (C=O) groups is 1. The lowest BCUT2D eigenvalue weighted by Crippen LogP contribution is -2.61. The minimum Gasteiger partial charge on any atom is -0.480 e. The standard InChI is InChI=1S/C16H20N4O3/c1-12-13(10-17)2-3-14(18-12)19-5-7-20(8-6-19)16(15(21)22)4-9-23-11-16/h2-3H,4-9,11H2,1H3,(H,21,22). The average Bonchev–Trinajstić information content (AvgIpc) is 3.06. The van der Waals surface area contributed by atoms with Crippen LogP contribution in [0.15, 0.2) is 12.1 Å². The first-order valence-electron chi connectivity index (χ1n) is 7.76. The third-order valence-electron chi connectivity index (χ3n) is 4.80. The van der Waals surface area contributed by atoms with Crippen LogP contribution in [0.5, 0.6) is 0 Å². The normalized spacial score (nSPS) is 25.3. The van der Waals surface area contributed by atoms with E-state index in [9.17, 15) is 9.90 Å². The number of pyridine rings is 1. The van der Waals surface area contributed by atoms with E-state index >= 15 is 0 Å². The zero-order chi connectivity index (χ0) is 16.4. The smallest absolute Gasteiger partial charge is 0.326 e. The maximum Gasteiger partial charge on any atom is 0.326 e. The summed E-state index contributed by atoms with van der Waals surface area (Å²) in [6.07, 6.45) is 0.538. The molecule has 3 rings (SSSR count). The molecule has 1 aromatic rings. The van der Waals surface area contributed by atoms with Crippen LogP contribution < -0.4 is 4.90 Å². The minimum absolute atomic E-state index is 0.260. The van der Waals surface area contributed by atoms with Crippen molar-refractivity contribution in [1.82, 2.24) is 9.88 Å². The molecule has 0 radical (unpaired) electrons. The van der Waals surface area contributed by atoms with Crippen LogP contribution >= 0.6 is 0 Å². The maximum absolute atomic E-state index is 11.7. The second-order valence-corrected chi connectivity index (χ2v) is 6.03.